The summed E-state index contributed by atoms with van der Waals surface area (Å²) >= 11 is 0. The highest BCUT2D eigenvalue weighted by Crippen LogP contribution is 2.33. The number of amides is 1. The number of rotatable bonds is 4. The second-order valence-electron chi connectivity index (χ2n) is 6.07. The quantitative estimate of drug-likeness (QED) is 0.769. The SMILES string of the molecule is O=C(C1CCCN1S(=O)(=O)CC1CC1)N1CCNCC1. The first-order chi connectivity index (χ1) is 9.58. The third-order valence-electron chi connectivity index (χ3n) is 4.42. The van der Waals surface area contributed by atoms with E-state index in [1.54, 1.807) is 0 Å². The highest BCUT2D eigenvalue weighted by atomic mass is 32.2. The molecule has 0 aromatic rings. The smallest absolute Gasteiger partial charge is 0.241 e. The normalized spacial score (nSPS) is 28.8. The molecule has 3 aliphatic rings. The molecular formula is C13H23N3O3S. The Kier molecular flexibility index (Phi) is 4.01. The van der Waals surface area contributed by atoms with E-state index < -0.39 is 16.1 Å². The predicted molar refractivity (Wildman–Crippen MR) is 75.7 cm³/mol. The van der Waals surface area contributed by atoms with Gasteiger partial charge in [0, 0.05) is 32.7 Å². The zero-order chi connectivity index (χ0) is 14.2. The van der Waals surface area contributed by atoms with Crippen LogP contribution in [0.2, 0.25) is 0 Å². The van der Waals surface area contributed by atoms with Crippen molar-refractivity contribution < 1.29 is 13.2 Å². The zero-order valence-corrected chi connectivity index (χ0v) is 12.6. The van der Waals surface area contributed by atoms with Gasteiger partial charge < -0.3 is 10.2 Å². The van der Waals surface area contributed by atoms with Crippen molar-refractivity contribution >= 4 is 15.9 Å². The summed E-state index contributed by atoms with van der Waals surface area (Å²) in [5.74, 6) is 0.567. The molecule has 1 atom stereocenters. The van der Waals surface area contributed by atoms with E-state index in [2.05, 4.69) is 5.32 Å². The fourth-order valence-corrected chi connectivity index (χ4v) is 5.21. The highest BCUT2D eigenvalue weighted by Gasteiger charge is 2.42. The molecule has 1 aliphatic carbocycles. The third-order valence-corrected chi connectivity index (χ3v) is 6.46. The summed E-state index contributed by atoms with van der Waals surface area (Å²) in [6, 6.07) is -0.447. The number of sulfonamides is 1. The van der Waals surface area contributed by atoms with Crippen LogP contribution < -0.4 is 5.32 Å². The fraction of sp³-hybridized carbons (Fsp3) is 0.923. The summed E-state index contributed by atoms with van der Waals surface area (Å²) in [5, 5.41) is 3.21. The summed E-state index contributed by atoms with van der Waals surface area (Å²) in [6.45, 7) is 3.48. The third kappa shape index (κ3) is 2.99. The van der Waals surface area contributed by atoms with Crippen LogP contribution in [0.25, 0.3) is 0 Å². The molecule has 1 saturated carbocycles. The maximum atomic E-state index is 12.6. The topological polar surface area (TPSA) is 69.7 Å². The van der Waals surface area contributed by atoms with Gasteiger partial charge in [-0.2, -0.15) is 4.31 Å². The van der Waals surface area contributed by atoms with Crippen molar-refractivity contribution in [2.24, 2.45) is 5.92 Å². The Morgan fingerprint density at radius 1 is 1.10 bits per heavy atom. The van der Waals surface area contributed by atoms with E-state index in [0.29, 0.717) is 32.0 Å². The molecular weight excluding hydrogens is 278 g/mol. The minimum atomic E-state index is -3.26. The molecule has 6 nitrogen and oxygen atoms in total. The van der Waals surface area contributed by atoms with Crippen LogP contribution in [0.5, 0.6) is 0 Å². The van der Waals surface area contributed by atoms with Crippen LogP contribution in [0.15, 0.2) is 0 Å². The first kappa shape index (κ1) is 14.3. The van der Waals surface area contributed by atoms with E-state index in [4.69, 9.17) is 0 Å². The molecule has 1 N–H and O–H groups in total. The number of carbonyl (C=O) groups excluding carboxylic acids is 1. The molecule has 3 fully saturated rings. The van der Waals surface area contributed by atoms with Gasteiger partial charge in [0.2, 0.25) is 15.9 Å². The van der Waals surface area contributed by atoms with Gasteiger partial charge in [0.25, 0.3) is 0 Å². The Labute approximate surface area is 120 Å². The van der Waals surface area contributed by atoms with E-state index in [1.165, 1.54) is 4.31 Å². The van der Waals surface area contributed by atoms with Crippen molar-refractivity contribution in [2.45, 2.75) is 31.7 Å². The Hall–Kier alpha value is -0.660. The second-order valence-corrected chi connectivity index (χ2v) is 8.03. The lowest BCUT2D eigenvalue weighted by Gasteiger charge is -2.32. The minimum Gasteiger partial charge on any atom is -0.339 e. The maximum Gasteiger partial charge on any atom is 0.241 e. The van der Waals surface area contributed by atoms with Crippen LogP contribution in [0.1, 0.15) is 25.7 Å². The van der Waals surface area contributed by atoms with Crippen LogP contribution in [0.4, 0.5) is 0 Å². The Morgan fingerprint density at radius 3 is 2.45 bits per heavy atom. The molecule has 114 valence electrons. The van der Waals surface area contributed by atoms with E-state index in [1.807, 2.05) is 4.90 Å². The van der Waals surface area contributed by atoms with Gasteiger partial charge in [-0.3, -0.25) is 4.79 Å². The fourth-order valence-electron chi connectivity index (χ4n) is 3.09. The number of piperazine rings is 1. The van der Waals surface area contributed by atoms with Crippen LogP contribution in [0.3, 0.4) is 0 Å². The summed E-state index contributed by atoms with van der Waals surface area (Å²) in [4.78, 5) is 14.4. The van der Waals surface area contributed by atoms with Gasteiger partial charge >= 0.3 is 0 Å². The van der Waals surface area contributed by atoms with Crippen LogP contribution in [-0.2, 0) is 14.8 Å². The zero-order valence-electron chi connectivity index (χ0n) is 11.8. The molecule has 0 spiro atoms. The number of nitrogens with one attached hydrogen (secondary N) is 1. The van der Waals surface area contributed by atoms with Crippen LogP contribution in [-0.4, -0.2) is 68.0 Å². The van der Waals surface area contributed by atoms with Crippen molar-refractivity contribution in [3.05, 3.63) is 0 Å². The standard InChI is InChI=1S/C13H23N3O3S/c17-13(15-8-5-14-6-9-15)12-2-1-7-16(12)20(18,19)10-11-3-4-11/h11-12,14H,1-10H2. The van der Waals surface area contributed by atoms with Gasteiger partial charge in [-0.1, -0.05) is 0 Å². The first-order valence-electron chi connectivity index (χ1n) is 7.57. The van der Waals surface area contributed by atoms with E-state index in [-0.39, 0.29) is 11.7 Å². The predicted octanol–water partition coefficient (Wildman–Crippen LogP) is -0.378. The van der Waals surface area contributed by atoms with Gasteiger partial charge in [0.15, 0.2) is 0 Å². The minimum absolute atomic E-state index is 0.00312. The highest BCUT2D eigenvalue weighted by molar-refractivity contribution is 7.89. The van der Waals surface area contributed by atoms with Crippen molar-refractivity contribution in [3.63, 3.8) is 0 Å². The van der Waals surface area contributed by atoms with Crippen molar-refractivity contribution in [2.75, 3.05) is 38.5 Å². The van der Waals surface area contributed by atoms with Gasteiger partial charge in [-0.25, -0.2) is 8.42 Å². The average molecular weight is 301 g/mol. The number of carbonyl (C=O) groups is 1. The Balaban J connectivity index is 1.69. The van der Waals surface area contributed by atoms with Crippen molar-refractivity contribution in [1.29, 1.82) is 0 Å². The molecule has 2 aliphatic heterocycles. The van der Waals surface area contributed by atoms with Gasteiger partial charge in [0.1, 0.15) is 6.04 Å². The maximum absolute atomic E-state index is 12.6. The summed E-state index contributed by atoms with van der Waals surface area (Å²) < 4.78 is 26.3. The Bertz CT molecular complexity index is 469. The first-order valence-corrected chi connectivity index (χ1v) is 9.18. The molecule has 2 heterocycles. The van der Waals surface area contributed by atoms with Gasteiger partial charge in [0.05, 0.1) is 5.75 Å². The lowest BCUT2D eigenvalue weighted by atomic mass is 10.2. The Morgan fingerprint density at radius 2 is 1.80 bits per heavy atom. The molecule has 1 amide bonds. The molecule has 2 saturated heterocycles. The second kappa shape index (κ2) is 5.61. The van der Waals surface area contributed by atoms with E-state index in [9.17, 15) is 13.2 Å². The lowest BCUT2D eigenvalue weighted by molar-refractivity contribution is -0.135. The summed E-state index contributed by atoms with van der Waals surface area (Å²) in [7, 11) is -3.26. The lowest BCUT2D eigenvalue weighted by Crippen LogP contribution is -2.53. The molecule has 0 aromatic carbocycles. The average Bonchev–Trinajstić information content (AvgIpc) is 3.09. The van der Waals surface area contributed by atoms with Crippen LogP contribution in [0, 0.1) is 5.92 Å². The largest absolute Gasteiger partial charge is 0.339 e. The molecule has 0 radical (unpaired) electrons. The number of hydrogen-bond acceptors (Lipinski definition) is 4. The molecule has 0 aromatic heterocycles. The molecule has 3 rings (SSSR count). The van der Waals surface area contributed by atoms with E-state index >= 15 is 0 Å². The molecule has 0 bridgehead atoms. The molecule has 1 unspecified atom stereocenters. The summed E-state index contributed by atoms with van der Waals surface area (Å²) in [5.41, 5.74) is 0. The number of nitrogens with zero attached hydrogens (tertiary/aromatic N) is 2. The van der Waals surface area contributed by atoms with Gasteiger partial charge in [-0.15, -0.1) is 0 Å². The number of hydrogen-bond donors (Lipinski definition) is 1. The van der Waals surface area contributed by atoms with Crippen molar-refractivity contribution in [1.82, 2.24) is 14.5 Å². The monoisotopic (exact) mass is 301 g/mol. The molecule has 7 heteroatoms. The van der Waals surface area contributed by atoms with Crippen molar-refractivity contribution in [3.8, 4) is 0 Å². The van der Waals surface area contributed by atoms with E-state index in [0.717, 1.165) is 32.4 Å². The molecule has 20 heavy (non-hydrogen) atoms. The van der Waals surface area contributed by atoms with Crippen LogP contribution >= 0.6 is 0 Å². The van der Waals surface area contributed by atoms with Gasteiger partial charge in [-0.05, 0) is 31.6 Å². The summed E-state index contributed by atoms with van der Waals surface area (Å²) in [6.07, 6.45) is 3.51.